The van der Waals surface area contributed by atoms with Gasteiger partial charge in [0, 0.05) is 6.07 Å². The molecule has 5 atom stereocenters. The van der Waals surface area contributed by atoms with Crippen molar-refractivity contribution >= 4 is 0 Å². The van der Waals surface area contributed by atoms with E-state index in [1.165, 1.54) is 14.2 Å². The highest BCUT2D eigenvalue weighted by Gasteiger charge is 2.59. The number of aliphatic hydroxyl groups is 4. The molecule has 4 N–H and O–H groups in total. The average Bonchev–Trinajstić information content (AvgIpc) is 2.95. The molecule has 3 rings (SSSR count). The summed E-state index contributed by atoms with van der Waals surface area (Å²) in [4.78, 5) is 0. The molecule has 1 spiro atoms. The van der Waals surface area contributed by atoms with E-state index in [4.69, 9.17) is 18.9 Å². The van der Waals surface area contributed by atoms with Crippen LogP contribution in [0.4, 0.5) is 0 Å². The highest BCUT2D eigenvalue weighted by atomic mass is 16.7. The molecule has 0 aliphatic carbocycles. The van der Waals surface area contributed by atoms with Crippen molar-refractivity contribution in [3.63, 3.8) is 0 Å². The molecule has 0 amide bonds. The SMILES string of the molecule is COc1cc2c(c(OC)c1)C1(OC2)O[C@H](CO)C(O)C(O)C1O. The molecule has 0 aromatic heterocycles. The minimum absolute atomic E-state index is 0.0981. The Bertz CT molecular complexity index is 589. The Balaban J connectivity index is 2.12. The fourth-order valence-electron chi connectivity index (χ4n) is 3.16. The Hall–Kier alpha value is -1.42. The minimum Gasteiger partial charge on any atom is -0.497 e. The lowest BCUT2D eigenvalue weighted by atomic mass is 9.87. The van der Waals surface area contributed by atoms with Crippen LogP contribution in [-0.4, -0.2) is 65.7 Å². The van der Waals surface area contributed by atoms with E-state index >= 15 is 0 Å². The molecule has 1 saturated heterocycles. The molecule has 1 fully saturated rings. The molecule has 2 heterocycles. The van der Waals surface area contributed by atoms with Crippen LogP contribution in [0.2, 0.25) is 0 Å². The molecule has 2 aliphatic rings. The van der Waals surface area contributed by atoms with E-state index in [2.05, 4.69) is 0 Å². The number of ether oxygens (including phenoxy) is 4. The van der Waals surface area contributed by atoms with Gasteiger partial charge in [-0.25, -0.2) is 0 Å². The molecule has 0 radical (unpaired) electrons. The third-order valence-corrected chi connectivity index (χ3v) is 4.35. The van der Waals surface area contributed by atoms with E-state index in [1.807, 2.05) is 0 Å². The van der Waals surface area contributed by atoms with Gasteiger partial charge in [-0.15, -0.1) is 0 Å². The molecule has 8 nitrogen and oxygen atoms in total. The normalized spacial score (nSPS) is 36.1. The van der Waals surface area contributed by atoms with Gasteiger partial charge >= 0.3 is 0 Å². The summed E-state index contributed by atoms with van der Waals surface area (Å²) in [5, 5.41) is 39.9. The van der Waals surface area contributed by atoms with E-state index in [-0.39, 0.29) is 6.61 Å². The van der Waals surface area contributed by atoms with Gasteiger partial charge in [0.15, 0.2) is 0 Å². The van der Waals surface area contributed by atoms with Gasteiger partial charge in [-0.3, -0.25) is 0 Å². The average molecular weight is 328 g/mol. The van der Waals surface area contributed by atoms with Crippen LogP contribution in [0.5, 0.6) is 11.5 Å². The van der Waals surface area contributed by atoms with Gasteiger partial charge in [-0.05, 0) is 11.6 Å². The fourth-order valence-corrected chi connectivity index (χ4v) is 3.16. The Morgan fingerprint density at radius 2 is 1.91 bits per heavy atom. The Morgan fingerprint density at radius 1 is 1.17 bits per heavy atom. The zero-order valence-corrected chi connectivity index (χ0v) is 12.8. The molecule has 1 aromatic carbocycles. The van der Waals surface area contributed by atoms with Crippen LogP contribution in [0.3, 0.4) is 0 Å². The number of benzene rings is 1. The third-order valence-electron chi connectivity index (χ3n) is 4.35. The Morgan fingerprint density at radius 3 is 2.52 bits per heavy atom. The summed E-state index contributed by atoms with van der Waals surface area (Å²) < 4.78 is 21.9. The van der Waals surface area contributed by atoms with E-state index < -0.39 is 36.8 Å². The molecular formula is C15H20O8. The summed E-state index contributed by atoms with van der Waals surface area (Å²) in [6, 6.07) is 3.32. The van der Waals surface area contributed by atoms with E-state index in [9.17, 15) is 20.4 Å². The maximum Gasteiger partial charge on any atom is 0.229 e. The lowest BCUT2D eigenvalue weighted by molar-refractivity contribution is -0.368. The van der Waals surface area contributed by atoms with Gasteiger partial charge in [0.05, 0.1) is 33.0 Å². The zero-order chi connectivity index (χ0) is 16.8. The molecule has 0 bridgehead atoms. The fraction of sp³-hybridized carbons (Fsp3) is 0.600. The summed E-state index contributed by atoms with van der Waals surface area (Å²) in [5.41, 5.74) is 1.08. The predicted molar refractivity (Wildman–Crippen MR) is 76.0 cm³/mol. The van der Waals surface area contributed by atoms with Crippen molar-refractivity contribution in [3.05, 3.63) is 23.3 Å². The van der Waals surface area contributed by atoms with Gasteiger partial charge in [0.1, 0.15) is 35.9 Å². The van der Waals surface area contributed by atoms with Crippen LogP contribution in [0.25, 0.3) is 0 Å². The second-order valence-corrected chi connectivity index (χ2v) is 5.58. The van der Waals surface area contributed by atoms with Gasteiger partial charge < -0.3 is 39.4 Å². The van der Waals surface area contributed by atoms with Crippen molar-refractivity contribution in [1.29, 1.82) is 0 Å². The maximum absolute atomic E-state index is 10.5. The van der Waals surface area contributed by atoms with Crippen LogP contribution < -0.4 is 9.47 Å². The molecule has 1 aromatic rings. The highest BCUT2D eigenvalue weighted by Crippen LogP contribution is 2.50. The van der Waals surface area contributed by atoms with Gasteiger partial charge in [-0.1, -0.05) is 0 Å². The first-order valence-electron chi connectivity index (χ1n) is 7.20. The maximum atomic E-state index is 10.5. The van der Waals surface area contributed by atoms with Crippen molar-refractivity contribution in [2.75, 3.05) is 20.8 Å². The van der Waals surface area contributed by atoms with Crippen LogP contribution in [0.1, 0.15) is 11.1 Å². The van der Waals surface area contributed by atoms with Crippen molar-refractivity contribution in [1.82, 2.24) is 0 Å². The van der Waals surface area contributed by atoms with E-state index in [0.29, 0.717) is 22.6 Å². The largest absolute Gasteiger partial charge is 0.497 e. The predicted octanol–water partition coefficient (Wildman–Crippen LogP) is -1.14. The number of aliphatic hydroxyl groups excluding tert-OH is 4. The topological polar surface area (TPSA) is 118 Å². The first-order valence-corrected chi connectivity index (χ1v) is 7.20. The van der Waals surface area contributed by atoms with Crippen molar-refractivity contribution in [3.8, 4) is 11.5 Å². The van der Waals surface area contributed by atoms with E-state index in [0.717, 1.165) is 0 Å². The monoisotopic (exact) mass is 328 g/mol. The Labute approximate surface area is 132 Å². The molecule has 8 heteroatoms. The van der Waals surface area contributed by atoms with Crippen molar-refractivity contribution < 1.29 is 39.4 Å². The smallest absolute Gasteiger partial charge is 0.229 e. The number of fused-ring (bicyclic) bond motifs is 2. The van der Waals surface area contributed by atoms with Gasteiger partial charge in [0.2, 0.25) is 5.79 Å². The molecule has 4 unspecified atom stereocenters. The zero-order valence-electron chi connectivity index (χ0n) is 12.8. The van der Waals surface area contributed by atoms with Crippen LogP contribution >= 0.6 is 0 Å². The second kappa shape index (κ2) is 5.90. The van der Waals surface area contributed by atoms with Gasteiger partial charge in [-0.2, -0.15) is 0 Å². The first kappa shape index (κ1) is 16.4. The number of hydrogen-bond acceptors (Lipinski definition) is 8. The van der Waals surface area contributed by atoms with Crippen molar-refractivity contribution in [2.45, 2.75) is 36.8 Å². The molecule has 2 aliphatic heterocycles. The summed E-state index contributed by atoms with van der Waals surface area (Å²) >= 11 is 0. The quantitative estimate of drug-likeness (QED) is 0.550. The number of hydrogen-bond donors (Lipinski definition) is 4. The van der Waals surface area contributed by atoms with E-state index in [1.54, 1.807) is 12.1 Å². The Kier molecular flexibility index (Phi) is 4.21. The van der Waals surface area contributed by atoms with Crippen LogP contribution in [-0.2, 0) is 21.9 Å². The number of methoxy groups -OCH3 is 2. The van der Waals surface area contributed by atoms with Crippen LogP contribution in [0.15, 0.2) is 12.1 Å². The van der Waals surface area contributed by atoms with Crippen LogP contribution in [0, 0.1) is 0 Å². The summed E-state index contributed by atoms with van der Waals surface area (Å²) in [6.45, 7) is -0.440. The standard InChI is InChI=1S/C15H20O8/c1-20-8-3-7-6-22-15(11(7)9(4-8)21-2)14(19)13(18)12(17)10(5-16)23-15/h3-4,10,12-14,16-19H,5-6H2,1-2H3/t10-,12?,13?,14?,15?/m1/s1. The van der Waals surface area contributed by atoms with Gasteiger partial charge in [0.25, 0.3) is 0 Å². The lowest BCUT2D eigenvalue weighted by Gasteiger charge is -2.46. The minimum atomic E-state index is -1.72. The molecule has 0 saturated carbocycles. The molecule has 128 valence electrons. The summed E-state index contributed by atoms with van der Waals surface area (Å²) in [7, 11) is 2.96. The lowest BCUT2D eigenvalue weighted by Crippen LogP contribution is -2.63. The number of rotatable bonds is 3. The van der Waals surface area contributed by atoms with Crippen molar-refractivity contribution in [2.24, 2.45) is 0 Å². The third kappa shape index (κ3) is 2.30. The second-order valence-electron chi connectivity index (χ2n) is 5.58. The summed E-state index contributed by atoms with van der Waals surface area (Å²) in [6.07, 6.45) is -5.63. The first-order chi connectivity index (χ1) is 11.0. The summed E-state index contributed by atoms with van der Waals surface area (Å²) in [5.74, 6) is -0.819. The molecular weight excluding hydrogens is 308 g/mol. The highest BCUT2D eigenvalue weighted by molar-refractivity contribution is 5.51. The molecule has 23 heavy (non-hydrogen) atoms.